The van der Waals surface area contributed by atoms with E-state index in [0.717, 1.165) is 35.6 Å². The maximum absolute atomic E-state index is 3.62. The van der Waals surface area contributed by atoms with Gasteiger partial charge >= 0.3 is 0 Å². The minimum absolute atomic E-state index is 1.09. The van der Waals surface area contributed by atoms with Crippen molar-refractivity contribution in [3.05, 3.63) is 179 Å². The van der Waals surface area contributed by atoms with Gasteiger partial charge in [0, 0.05) is 22.7 Å². The van der Waals surface area contributed by atoms with Crippen molar-refractivity contribution in [2.75, 3.05) is 10.6 Å². The van der Waals surface area contributed by atoms with Gasteiger partial charge in [-0.2, -0.15) is 0 Å². The Morgan fingerprint density at radius 3 is 0.926 bits per heavy atom. The molecule has 0 aromatic heterocycles. The Balaban J connectivity index is 1.02. The van der Waals surface area contributed by atoms with E-state index in [2.05, 4.69) is 198 Å². The summed E-state index contributed by atoms with van der Waals surface area (Å²) < 4.78 is 0. The molecule has 0 fully saturated rings. The van der Waals surface area contributed by atoms with Crippen molar-refractivity contribution in [3.63, 3.8) is 0 Å². The normalized spacial score (nSPS) is 11.1. The van der Waals surface area contributed by atoms with Gasteiger partial charge in [0.2, 0.25) is 0 Å². The quantitative estimate of drug-likeness (QED) is 0.132. The van der Waals surface area contributed by atoms with Gasteiger partial charge in [-0.1, -0.05) is 124 Å². The average molecular weight is 705 g/mol. The number of hydrogen-bond acceptors (Lipinski definition) is 2. The lowest BCUT2D eigenvalue weighted by molar-refractivity contribution is 0.922. The molecule has 0 aliphatic heterocycles. The molecular formula is C52H52N2. The zero-order valence-electron chi connectivity index (χ0n) is 32.7. The van der Waals surface area contributed by atoms with E-state index in [-0.39, 0.29) is 0 Å². The molecule has 0 heterocycles. The summed E-state index contributed by atoms with van der Waals surface area (Å²) in [4.78, 5) is 0. The Hall–Kier alpha value is -5.86. The molecule has 0 radical (unpaired) electrons. The van der Waals surface area contributed by atoms with Crippen LogP contribution in [0.2, 0.25) is 0 Å². The molecule has 54 heavy (non-hydrogen) atoms. The molecule has 7 aromatic rings. The van der Waals surface area contributed by atoms with Crippen LogP contribution in [0.25, 0.3) is 44.5 Å². The van der Waals surface area contributed by atoms with Crippen molar-refractivity contribution in [1.82, 2.24) is 0 Å². The number of rotatable bonds is 12. The molecule has 0 amide bonds. The highest BCUT2D eigenvalue weighted by Gasteiger charge is 2.13. The van der Waals surface area contributed by atoms with Gasteiger partial charge in [-0.05, 0) is 167 Å². The van der Waals surface area contributed by atoms with Gasteiger partial charge in [0.1, 0.15) is 0 Å². The van der Waals surface area contributed by atoms with Gasteiger partial charge in [-0.3, -0.25) is 0 Å². The van der Waals surface area contributed by atoms with Crippen LogP contribution in [-0.4, -0.2) is 0 Å². The van der Waals surface area contributed by atoms with Gasteiger partial charge in [0.05, 0.1) is 0 Å². The van der Waals surface area contributed by atoms with E-state index in [1.807, 2.05) is 0 Å². The number of anilines is 4. The summed E-state index contributed by atoms with van der Waals surface area (Å²) in [6, 6.07) is 53.5. The van der Waals surface area contributed by atoms with Crippen LogP contribution in [0.5, 0.6) is 0 Å². The van der Waals surface area contributed by atoms with E-state index in [1.54, 1.807) is 0 Å². The maximum atomic E-state index is 3.62. The van der Waals surface area contributed by atoms with Crippen LogP contribution >= 0.6 is 0 Å². The van der Waals surface area contributed by atoms with Crippen molar-refractivity contribution < 1.29 is 0 Å². The van der Waals surface area contributed by atoms with Crippen LogP contribution in [0.4, 0.5) is 22.7 Å². The summed E-state index contributed by atoms with van der Waals surface area (Å²) in [5.74, 6) is 0. The van der Waals surface area contributed by atoms with Crippen LogP contribution < -0.4 is 10.6 Å². The molecule has 2 heteroatoms. The summed E-state index contributed by atoms with van der Waals surface area (Å²) in [5.41, 5.74) is 22.3. The fourth-order valence-corrected chi connectivity index (χ4v) is 7.61. The first-order valence-corrected chi connectivity index (χ1v) is 19.5. The molecule has 0 bridgehead atoms. The third kappa shape index (κ3) is 8.35. The van der Waals surface area contributed by atoms with Gasteiger partial charge < -0.3 is 10.6 Å². The summed E-state index contributed by atoms with van der Waals surface area (Å²) >= 11 is 0. The predicted octanol–water partition coefficient (Wildman–Crippen LogP) is 15.0. The first-order valence-electron chi connectivity index (χ1n) is 19.5. The van der Waals surface area contributed by atoms with Crippen LogP contribution in [0, 0.1) is 27.7 Å². The molecule has 0 atom stereocenters. The first kappa shape index (κ1) is 36.5. The minimum atomic E-state index is 1.09. The van der Waals surface area contributed by atoms with Crippen molar-refractivity contribution >= 4 is 22.7 Å². The van der Waals surface area contributed by atoms with Gasteiger partial charge in [0.25, 0.3) is 0 Å². The minimum Gasteiger partial charge on any atom is -0.356 e. The molecule has 7 rings (SSSR count). The monoisotopic (exact) mass is 704 g/mol. The summed E-state index contributed by atoms with van der Waals surface area (Å²) in [5, 5.41) is 7.24. The zero-order valence-corrected chi connectivity index (χ0v) is 32.7. The second-order valence-electron chi connectivity index (χ2n) is 14.8. The summed E-state index contributed by atoms with van der Waals surface area (Å²) in [6.45, 7) is 13.3. The third-order valence-electron chi connectivity index (χ3n) is 10.6. The second kappa shape index (κ2) is 16.4. The molecule has 2 nitrogen and oxygen atoms in total. The molecule has 0 aliphatic carbocycles. The number of aryl methyl sites for hydroxylation is 6. The summed E-state index contributed by atoms with van der Waals surface area (Å²) in [7, 11) is 0. The molecule has 0 aliphatic rings. The highest BCUT2D eigenvalue weighted by atomic mass is 14.9. The zero-order chi connectivity index (χ0) is 37.6. The van der Waals surface area contributed by atoms with Crippen molar-refractivity contribution in [1.29, 1.82) is 0 Å². The third-order valence-corrected chi connectivity index (χ3v) is 10.6. The van der Waals surface area contributed by atoms with Crippen LogP contribution in [0.15, 0.2) is 146 Å². The molecule has 0 spiro atoms. The lowest BCUT2D eigenvalue weighted by Crippen LogP contribution is -1.96. The van der Waals surface area contributed by atoms with Crippen molar-refractivity contribution in [2.24, 2.45) is 0 Å². The number of benzene rings is 7. The fourth-order valence-electron chi connectivity index (χ4n) is 7.61. The Kier molecular flexibility index (Phi) is 11.1. The largest absolute Gasteiger partial charge is 0.356 e. The Morgan fingerprint density at radius 1 is 0.315 bits per heavy atom. The maximum Gasteiger partial charge on any atom is 0.0387 e. The Morgan fingerprint density at radius 2 is 0.611 bits per heavy atom. The van der Waals surface area contributed by atoms with Gasteiger partial charge in [-0.15, -0.1) is 0 Å². The van der Waals surface area contributed by atoms with Crippen molar-refractivity contribution in [2.45, 2.75) is 67.2 Å². The van der Waals surface area contributed by atoms with Crippen molar-refractivity contribution in [3.8, 4) is 44.5 Å². The van der Waals surface area contributed by atoms with E-state index in [9.17, 15) is 0 Å². The Bertz CT molecular complexity index is 2180. The standard InChI is InChI=1S/C52H52N2/c1-7-9-39-11-15-41(16-12-39)43-19-23-45(24-20-43)53-47-27-29-49(35(3)31-47)51-33-38(6)52(34-37(51)5)50-30-28-48(32-36(50)4)54-46-25-21-44(22-26-46)42-17-13-40(10-8-2)14-18-42/h11-34,53-54H,7-10H2,1-6H3. The Labute approximate surface area is 323 Å². The number of hydrogen-bond donors (Lipinski definition) is 2. The van der Waals surface area contributed by atoms with E-state index in [4.69, 9.17) is 0 Å². The fraction of sp³-hybridized carbons (Fsp3) is 0.192. The molecule has 0 saturated carbocycles. The average Bonchev–Trinajstić information content (AvgIpc) is 3.18. The van der Waals surface area contributed by atoms with E-state index in [1.165, 1.54) is 90.7 Å². The van der Waals surface area contributed by atoms with E-state index < -0.39 is 0 Å². The first-order chi connectivity index (χ1) is 26.3. The molecule has 270 valence electrons. The van der Waals surface area contributed by atoms with E-state index >= 15 is 0 Å². The highest BCUT2D eigenvalue weighted by Crippen LogP contribution is 2.37. The highest BCUT2D eigenvalue weighted by molar-refractivity contribution is 5.81. The second-order valence-corrected chi connectivity index (χ2v) is 14.8. The smallest absolute Gasteiger partial charge is 0.0387 e. The predicted molar refractivity (Wildman–Crippen MR) is 235 cm³/mol. The van der Waals surface area contributed by atoms with Crippen LogP contribution in [-0.2, 0) is 12.8 Å². The van der Waals surface area contributed by atoms with Gasteiger partial charge in [0.15, 0.2) is 0 Å². The van der Waals surface area contributed by atoms with Crippen LogP contribution in [0.3, 0.4) is 0 Å². The lowest BCUT2D eigenvalue weighted by atomic mass is 9.89. The van der Waals surface area contributed by atoms with E-state index in [0.29, 0.717) is 0 Å². The molecule has 0 unspecified atom stereocenters. The molecule has 7 aromatic carbocycles. The number of nitrogens with one attached hydrogen (secondary N) is 2. The molecular weight excluding hydrogens is 653 g/mol. The lowest BCUT2D eigenvalue weighted by Gasteiger charge is -2.18. The molecule has 0 saturated heterocycles. The topological polar surface area (TPSA) is 24.1 Å². The molecule has 2 N–H and O–H groups in total. The van der Waals surface area contributed by atoms with Crippen LogP contribution in [0.1, 0.15) is 60.1 Å². The van der Waals surface area contributed by atoms with Gasteiger partial charge in [-0.25, -0.2) is 0 Å². The SMILES string of the molecule is CCCc1ccc(-c2ccc(Nc3ccc(-c4cc(C)c(-c5ccc(Nc6ccc(-c7ccc(CCC)cc7)cc6)cc5C)cc4C)c(C)c3)cc2)cc1. The summed E-state index contributed by atoms with van der Waals surface area (Å²) in [6.07, 6.45) is 4.61.